The van der Waals surface area contributed by atoms with Crippen molar-refractivity contribution in [3.63, 3.8) is 0 Å². The van der Waals surface area contributed by atoms with Gasteiger partial charge in [-0.15, -0.1) is 0 Å². The summed E-state index contributed by atoms with van der Waals surface area (Å²) in [6.45, 7) is 5.36. The minimum atomic E-state index is -0.106. The average Bonchev–Trinajstić information content (AvgIpc) is 3.08. The van der Waals surface area contributed by atoms with Crippen LogP contribution in [0.25, 0.3) is 0 Å². The SMILES string of the molecule is COc1ccc(C(=O)N2CCc3ccc(C(=O)NCC(C)C)cc32)cc1. The number of benzene rings is 2. The van der Waals surface area contributed by atoms with Gasteiger partial charge in [0.1, 0.15) is 5.75 Å². The number of hydrogen-bond donors (Lipinski definition) is 1. The van der Waals surface area contributed by atoms with Crippen molar-refractivity contribution in [2.75, 3.05) is 25.1 Å². The summed E-state index contributed by atoms with van der Waals surface area (Å²) >= 11 is 0. The number of carbonyl (C=O) groups is 2. The number of ether oxygens (including phenoxy) is 1. The molecule has 0 bridgehead atoms. The smallest absolute Gasteiger partial charge is 0.258 e. The molecule has 2 aromatic rings. The third-order valence-electron chi connectivity index (χ3n) is 4.50. The highest BCUT2D eigenvalue weighted by atomic mass is 16.5. The van der Waals surface area contributed by atoms with E-state index >= 15 is 0 Å². The number of nitrogens with one attached hydrogen (secondary N) is 1. The summed E-state index contributed by atoms with van der Waals surface area (Å²) in [5.41, 5.74) is 3.10. The van der Waals surface area contributed by atoms with E-state index in [2.05, 4.69) is 19.2 Å². The van der Waals surface area contributed by atoms with Gasteiger partial charge in [0.2, 0.25) is 0 Å². The zero-order valence-electron chi connectivity index (χ0n) is 15.4. The molecule has 26 heavy (non-hydrogen) atoms. The molecule has 1 heterocycles. The van der Waals surface area contributed by atoms with Crippen LogP contribution in [0.4, 0.5) is 5.69 Å². The number of rotatable bonds is 5. The molecule has 3 rings (SSSR count). The molecule has 136 valence electrons. The van der Waals surface area contributed by atoms with Crippen LogP contribution in [-0.2, 0) is 6.42 Å². The summed E-state index contributed by atoms with van der Waals surface area (Å²) in [4.78, 5) is 27.0. The summed E-state index contributed by atoms with van der Waals surface area (Å²) in [6, 6.07) is 12.7. The van der Waals surface area contributed by atoms with E-state index < -0.39 is 0 Å². The maximum Gasteiger partial charge on any atom is 0.258 e. The van der Waals surface area contributed by atoms with Crippen LogP contribution in [0, 0.1) is 5.92 Å². The Morgan fingerprint density at radius 2 is 1.81 bits per heavy atom. The number of methoxy groups -OCH3 is 1. The van der Waals surface area contributed by atoms with Crippen molar-refractivity contribution < 1.29 is 14.3 Å². The van der Waals surface area contributed by atoms with Crippen LogP contribution < -0.4 is 15.0 Å². The van der Waals surface area contributed by atoms with Crippen LogP contribution >= 0.6 is 0 Å². The fourth-order valence-electron chi connectivity index (χ4n) is 3.02. The van der Waals surface area contributed by atoms with Crippen LogP contribution in [0.15, 0.2) is 42.5 Å². The zero-order chi connectivity index (χ0) is 18.7. The Bertz CT molecular complexity index is 813. The topological polar surface area (TPSA) is 58.6 Å². The Morgan fingerprint density at radius 1 is 1.12 bits per heavy atom. The van der Waals surface area contributed by atoms with Gasteiger partial charge in [-0.3, -0.25) is 9.59 Å². The summed E-state index contributed by atoms with van der Waals surface area (Å²) < 4.78 is 5.14. The van der Waals surface area contributed by atoms with Crippen molar-refractivity contribution in [1.82, 2.24) is 5.32 Å². The van der Waals surface area contributed by atoms with Crippen molar-refractivity contribution in [3.05, 3.63) is 59.2 Å². The van der Waals surface area contributed by atoms with E-state index in [1.807, 2.05) is 18.2 Å². The molecule has 0 aromatic heterocycles. The first-order chi connectivity index (χ1) is 12.5. The van der Waals surface area contributed by atoms with Gasteiger partial charge in [0.15, 0.2) is 0 Å². The third kappa shape index (κ3) is 3.72. The van der Waals surface area contributed by atoms with Gasteiger partial charge in [-0.2, -0.15) is 0 Å². The maximum absolute atomic E-state index is 12.9. The van der Waals surface area contributed by atoms with Crippen molar-refractivity contribution in [2.45, 2.75) is 20.3 Å². The second-order valence-corrected chi connectivity index (χ2v) is 6.88. The predicted octanol–water partition coefficient (Wildman–Crippen LogP) is 3.28. The molecule has 5 heteroatoms. The summed E-state index contributed by atoms with van der Waals surface area (Å²) in [7, 11) is 1.60. The van der Waals surface area contributed by atoms with Gasteiger partial charge in [0.05, 0.1) is 7.11 Å². The predicted molar refractivity (Wildman–Crippen MR) is 102 cm³/mol. The van der Waals surface area contributed by atoms with Crippen LogP contribution in [0.2, 0.25) is 0 Å². The molecule has 1 aliphatic rings. The Morgan fingerprint density at radius 3 is 2.46 bits per heavy atom. The molecule has 2 amide bonds. The van der Waals surface area contributed by atoms with Crippen LogP contribution in [0.5, 0.6) is 5.75 Å². The summed E-state index contributed by atoms with van der Waals surface area (Å²) in [5, 5.41) is 2.92. The molecule has 1 N–H and O–H groups in total. The molecule has 0 aliphatic carbocycles. The first-order valence-electron chi connectivity index (χ1n) is 8.86. The molecule has 5 nitrogen and oxygen atoms in total. The lowest BCUT2D eigenvalue weighted by atomic mass is 10.1. The largest absolute Gasteiger partial charge is 0.497 e. The van der Waals surface area contributed by atoms with Gasteiger partial charge >= 0.3 is 0 Å². The number of amides is 2. The third-order valence-corrected chi connectivity index (χ3v) is 4.50. The quantitative estimate of drug-likeness (QED) is 0.898. The van der Waals surface area contributed by atoms with E-state index in [9.17, 15) is 9.59 Å². The lowest BCUT2D eigenvalue weighted by molar-refractivity contribution is 0.0946. The molecule has 2 aromatic carbocycles. The van der Waals surface area contributed by atoms with Crippen LogP contribution in [-0.4, -0.2) is 32.0 Å². The first kappa shape index (κ1) is 18.0. The van der Waals surface area contributed by atoms with Gasteiger partial charge in [-0.05, 0) is 54.3 Å². The molecular formula is C21H24N2O3. The Kier molecular flexibility index (Phi) is 5.26. The monoisotopic (exact) mass is 352 g/mol. The zero-order valence-corrected chi connectivity index (χ0v) is 15.4. The molecule has 0 radical (unpaired) electrons. The highest BCUT2D eigenvalue weighted by Crippen LogP contribution is 2.30. The van der Waals surface area contributed by atoms with Crippen molar-refractivity contribution in [3.8, 4) is 5.75 Å². The molecule has 0 atom stereocenters. The highest BCUT2D eigenvalue weighted by Gasteiger charge is 2.26. The molecule has 0 saturated heterocycles. The average molecular weight is 352 g/mol. The lowest BCUT2D eigenvalue weighted by Gasteiger charge is -2.18. The highest BCUT2D eigenvalue weighted by molar-refractivity contribution is 6.08. The number of carbonyl (C=O) groups excluding carboxylic acids is 2. The maximum atomic E-state index is 12.9. The first-order valence-corrected chi connectivity index (χ1v) is 8.86. The molecule has 0 saturated carbocycles. The molecule has 1 aliphatic heterocycles. The Hall–Kier alpha value is -2.82. The van der Waals surface area contributed by atoms with E-state index in [0.717, 1.165) is 17.7 Å². The van der Waals surface area contributed by atoms with Crippen molar-refractivity contribution in [1.29, 1.82) is 0 Å². The van der Waals surface area contributed by atoms with E-state index in [4.69, 9.17) is 4.74 Å². The number of hydrogen-bond acceptors (Lipinski definition) is 3. The number of nitrogens with zero attached hydrogens (tertiary/aromatic N) is 1. The molecular weight excluding hydrogens is 328 g/mol. The van der Waals surface area contributed by atoms with Gasteiger partial charge in [0, 0.05) is 29.9 Å². The van der Waals surface area contributed by atoms with E-state index in [-0.39, 0.29) is 11.8 Å². The van der Waals surface area contributed by atoms with Crippen LogP contribution in [0.3, 0.4) is 0 Å². The number of fused-ring (bicyclic) bond motifs is 1. The van der Waals surface area contributed by atoms with E-state index in [1.54, 1.807) is 36.3 Å². The van der Waals surface area contributed by atoms with Gasteiger partial charge in [-0.1, -0.05) is 19.9 Å². The van der Waals surface area contributed by atoms with Gasteiger partial charge in [0.25, 0.3) is 11.8 Å². The minimum Gasteiger partial charge on any atom is -0.497 e. The molecule has 0 fully saturated rings. The van der Waals surface area contributed by atoms with Crippen LogP contribution in [0.1, 0.15) is 40.1 Å². The fraction of sp³-hybridized carbons (Fsp3) is 0.333. The van der Waals surface area contributed by atoms with Crippen molar-refractivity contribution >= 4 is 17.5 Å². The van der Waals surface area contributed by atoms with Gasteiger partial charge < -0.3 is 15.0 Å². The summed E-state index contributed by atoms with van der Waals surface area (Å²) in [5.74, 6) is 0.936. The fourth-order valence-corrected chi connectivity index (χ4v) is 3.02. The second kappa shape index (κ2) is 7.60. The second-order valence-electron chi connectivity index (χ2n) is 6.88. The standard InChI is InChI=1S/C21H24N2O3/c1-14(2)13-22-20(24)17-5-4-15-10-11-23(19(15)12-17)21(25)16-6-8-18(26-3)9-7-16/h4-9,12,14H,10-11,13H2,1-3H3,(H,22,24). The minimum absolute atomic E-state index is 0.0638. The normalized spacial score (nSPS) is 12.8. The Balaban J connectivity index is 1.81. The molecule has 0 spiro atoms. The van der Waals surface area contributed by atoms with Crippen molar-refractivity contribution in [2.24, 2.45) is 5.92 Å². The van der Waals surface area contributed by atoms with E-state index in [1.165, 1.54) is 0 Å². The molecule has 0 unspecified atom stereocenters. The Labute approximate surface area is 154 Å². The van der Waals surface area contributed by atoms with Gasteiger partial charge in [-0.25, -0.2) is 0 Å². The van der Waals surface area contributed by atoms with E-state index in [0.29, 0.717) is 35.9 Å². The lowest BCUT2D eigenvalue weighted by Crippen LogP contribution is -2.30. The number of anilines is 1. The summed E-state index contributed by atoms with van der Waals surface area (Å²) in [6.07, 6.45) is 0.797.